The Morgan fingerprint density at radius 2 is 1.41 bits per heavy atom. The molecule has 0 bridgehead atoms. The second-order valence-corrected chi connectivity index (χ2v) is 7.52. The number of carboxylic acid groups (broad SMARTS) is 3. The van der Waals surface area contributed by atoms with Gasteiger partial charge >= 0.3 is 17.9 Å². The Morgan fingerprint density at radius 1 is 0.824 bits per heavy atom. The summed E-state index contributed by atoms with van der Waals surface area (Å²) in [5.74, 6) is -6.82. The molecule has 0 aliphatic heterocycles. The summed E-state index contributed by atoms with van der Waals surface area (Å²) < 4.78 is 0. The van der Waals surface area contributed by atoms with Crippen LogP contribution in [0.5, 0.6) is 0 Å². The highest BCUT2D eigenvalue weighted by molar-refractivity contribution is 5.95. The molecule has 4 atom stereocenters. The van der Waals surface area contributed by atoms with Gasteiger partial charge in [-0.3, -0.25) is 24.0 Å². The van der Waals surface area contributed by atoms with Crippen molar-refractivity contribution >= 4 is 35.6 Å². The van der Waals surface area contributed by atoms with Crippen molar-refractivity contribution in [3.63, 3.8) is 0 Å². The highest BCUT2D eigenvalue weighted by Crippen LogP contribution is 2.04. The maximum Gasteiger partial charge on any atom is 0.326 e. The van der Waals surface area contributed by atoms with Gasteiger partial charge in [-0.25, -0.2) is 4.79 Å². The monoisotopic (exact) mass is 480 g/mol. The summed E-state index contributed by atoms with van der Waals surface area (Å²) in [6.45, 7) is 1.21. The molecule has 0 aromatic heterocycles. The topological polar surface area (TPSA) is 225 Å². The Hall–Kier alpha value is -4.00. The summed E-state index contributed by atoms with van der Waals surface area (Å²) in [6, 6.07) is 3.34. The molecule has 4 unspecified atom stereocenters. The van der Waals surface area contributed by atoms with Crippen molar-refractivity contribution in [2.75, 3.05) is 0 Å². The van der Waals surface area contributed by atoms with E-state index in [-0.39, 0.29) is 12.8 Å². The molecular formula is C21H28N4O9. The van der Waals surface area contributed by atoms with Gasteiger partial charge in [0.25, 0.3) is 0 Å². The summed E-state index contributed by atoms with van der Waals surface area (Å²) in [6.07, 6.45) is -1.54. The number of benzene rings is 1. The van der Waals surface area contributed by atoms with E-state index in [1.165, 1.54) is 6.92 Å². The van der Waals surface area contributed by atoms with Gasteiger partial charge in [0.15, 0.2) is 0 Å². The number of nitrogens with two attached hydrogens (primary N) is 1. The molecule has 1 rings (SSSR count). The zero-order valence-electron chi connectivity index (χ0n) is 18.4. The zero-order valence-corrected chi connectivity index (χ0v) is 18.4. The Morgan fingerprint density at radius 3 is 1.94 bits per heavy atom. The maximum absolute atomic E-state index is 12.5. The minimum Gasteiger partial charge on any atom is -0.481 e. The average Bonchev–Trinajstić information content (AvgIpc) is 2.75. The maximum atomic E-state index is 12.5. The molecule has 0 saturated heterocycles. The lowest BCUT2D eigenvalue weighted by atomic mass is 10.1. The Kier molecular flexibility index (Phi) is 11.2. The van der Waals surface area contributed by atoms with Crippen LogP contribution >= 0.6 is 0 Å². The first-order valence-electron chi connectivity index (χ1n) is 10.3. The van der Waals surface area contributed by atoms with E-state index in [2.05, 4.69) is 16.0 Å². The lowest BCUT2D eigenvalue weighted by Crippen LogP contribution is -2.57. The third-order valence-corrected chi connectivity index (χ3v) is 4.66. The van der Waals surface area contributed by atoms with E-state index < -0.39 is 72.6 Å². The van der Waals surface area contributed by atoms with Crippen LogP contribution < -0.4 is 21.7 Å². The molecule has 34 heavy (non-hydrogen) atoms. The van der Waals surface area contributed by atoms with Crippen molar-refractivity contribution in [1.82, 2.24) is 16.0 Å². The number of carboxylic acids is 3. The summed E-state index contributed by atoms with van der Waals surface area (Å²) in [7, 11) is 0. The second-order valence-electron chi connectivity index (χ2n) is 7.52. The van der Waals surface area contributed by atoms with E-state index in [1.807, 2.05) is 0 Å². The van der Waals surface area contributed by atoms with E-state index in [4.69, 9.17) is 21.1 Å². The van der Waals surface area contributed by atoms with E-state index in [9.17, 15) is 28.8 Å². The summed E-state index contributed by atoms with van der Waals surface area (Å²) >= 11 is 0. The van der Waals surface area contributed by atoms with Crippen LogP contribution in [0, 0.1) is 0 Å². The standard InChI is InChI=1S/C21H28N4O9/c1-11(18(30)24-14(21(33)34)7-8-16(26)27)23-20(32)15(10-17(28)29)25-19(31)13(22)9-12-5-3-2-4-6-12/h2-6,11,13-15H,7-10,22H2,1H3,(H,23,32)(H,24,30)(H,25,31)(H,26,27)(H,28,29)(H,33,34). The van der Waals surface area contributed by atoms with Gasteiger partial charge in [0.1, 0.15) is 18.1 Å². The number of carbonyl (C=O) groups excluding carboxylic acids is 3. The molecule has 0 spiro atoms. The number of hydrogen-bond donors (Lipinski definition) is 7. The summed E-state index contributed by atoms with van der Waals surface area (Å²) in [5.41, 5.74) is 6.61. The first kappa shape index (κ1) is 28.0. The van der Waals surface area contributed by atoms with Crippen molar-refractivity contribution in [1.29, 1.82) is 0 Å². The zero-order chi connectivity index (χ0) is 25.8. The van der Waals surface area contributed by atoms with Crippen LogP contribution in [-0.4, -0.2) is 75.1 Å². The first-order valence-corrected chi connectivity index (χ1v) is 10.3. The van der Waals surface area contributed by atoms with E-state index in [1.54, 1.807) is 30.3 Å². The lowest BCUT2D eigenvalue weighted by molar-refractivity contribution is -0.144. The number of aliphatic carboxylic acids is 3. The molecule has 0 saturated carbocycles. The average molecular weight is 480 g/mol. The molecule has 3 amide bonds. The van der Waals surface area contributed by atoms with Crippen molar-refractivity contribution in [2.45, 2.75) is 56.8 Å². The molecule has 186 valence electrons. The smallest absolute Gasteiger partial charge is 0.326 e. The molecule has 1 aromatic carbocycles. The molecule has 1 aromatic rings. The fourth-order valence-electron chi connectivity index (χ4n) is 2.82. The Labute approximate surface area is 194 Å². The van der Waals surface area contributed by atoms with Crippen LogP contribution in [0.2, 0.25) is 0 Å². The van der Waals surface area contributed by atoms with Crippen molar-refractivity contribution < 1.29 is 44.1 Å². The minimum absolute atomic E-state index is 0.139. The highest BCUT2D eigenvalue weighted by atomic mass is 16.4. The highest BCUT2D eigenvalue weighted by Gasteiger charge is 2.29. The number of hydrogen-bond acceptors (Lipinski definition) is 7. The van der Waals surface area contributed by atoms with Crippen LogP contribution in [0.3, 0.4) is 0 Å². The molecule has 13 heteroatoms. The normalized spacial score (nSPS) is 14.1. The Balaban J connectivity index is 2.76. The molecule has 8 N–H and O–H groups in total. The number of amides is 3. The lowest BCUT2D eigenvalue weighted by Gasteiger charge is -2.22. The first-order chi connectivity index (χ1) is 15.9. The predicted molar refractivity (Wildman–Crippen MR) is 116 cm³/mol. The van der Waals surface area contributed by atoms with Crippen molar-refractivity contribution in [3.05, 3.63) is 35.9 Å². The third-order valence-electron chi connectivity index (χ3n) is 4.66. The van der Waals surface area contributed by atoms with Gasteiger partial charge in [0.05, 0.1) is 12.5 Å². The minimum atomic E-state index is -1.55. The van der Waals surface area contributed by atoms with Gasteiger partial charge in [-0.05, 0) is 25.3 Å². The summed E-state index contributed by atoms with van der Waals surface area (Å²) in [5, 5.41) is 33.5. The molecular weight excluding hydrogens is 452 g/mol. The fourth-order valence-corrected chi connectivity index (χ4v) is 2.82. The summed E-state index contributed by atoms with van der Waals surface area (Å²) in [4.78, 5) is 70.2. The van der Waals surface area contributed by atoms with Crippen LogP contribution in [0.15, 0.2) is 30.3 Å². The molecule has 0 heterocycles. The van der Waals surface area contributed by atoms with Gasteiger partial charge in [0.2, 0.25) is 17.7 Å². The predicted octanol–water partition coefficient (Wildman–Crippen LogP) is -1.55. The van der Waals surface area contributed by atoms with E-state index in [0.29, 0.717) is 0 Å². The molecule has 0 radical (unpaired) electrons. The van der Waals surface area contributed by atoms with Crippen LogP contribution in [0.1, 0.15) is 31.7 Å². The molecule has 0 aliphatic rings. The van der Waals surface area contributed by atoms with Crippen LogP contribution in [0.25, 0.3) is 0 Å². The fraction of sp³-hybridized carbons (Fsp3) is 0.429. The van der Waals surface area contributed by atoms with Gasteiger partial charge in [-0.1, -0.05) is 30.3 Å². The number of nitrogens with one attached hydrogen (secondary N) is 3. The van der Waals surface area contributed by atoms with Crippen LogP contribution in [0.4, 0.5) is 0 Å². The van der Waals surface area contributed by atoms with Gasteiger partial charge < -0.3 is 37.0 Å². The SMILES string of the molecule is CC(NC(=O)C(CC(=O)O)NC(=O)C(N)Cc1ccccc1)C(=O)NC(CCC(=O)O)C(=O)O. The van der Waals surface area contributed by atoms with Gasteiger partial charge in [-0.2, -0.15) is 0 Å². The largest absolute Gasteiger partial charge is 0.481 e. The van der Waals surface area contributed by atoms with E-state index >= 15 is 0 Å². The van der Waals surface area contributed by atoms with Gasteiger partial charge in [-0.15, -0.1) is 0 Å². The molecule has 0 fully saturated rings. The number of carbonyl (C=O) groups is 6. The number of rotatable bonds is 14. The van der Waals surface area contributed by atoms with Crippen LogP contribution in [-0.2, 0) is 35.2 Å². The molecule has 0 aliphatic carbocycles. The van der Waals surface area contributed by atoms with Gasteiger partial charge in [0, 0.05) is 6.42 Å². The molecule has 13 nitrogen and oxygen atoms in total. The third kappa shape index (κ3) is 10.1. The van der Waals surface area contributed by atoms with Crippen molar-refractivity contribution in [3.8, 4) is 0 Å². The van der Waals surface area contributed by atoms with Crippen molar-refractivity contribution in [2.24, 2.45) is 5.73 Å². The second kappa shape index (κ2) is 13.5. The Bertz CT molecular complexity index is 907. The quantitative estimate of drug-likeness (QED) is 0.162. The van der Waals surface area contributed by atoms with E-state index in [0.717, 1.165) is 5.56 Å².